The van der Waals surface area contributed by atoms with Crippen LogP contribution in [0.2, 0.25) is 0 Å². The van der Waals surface area contributed by atoms with Gasteiger partial charge in [0.15, 0.2) is 11.0 Å². The van der Waals surface area contributed by atoms with Gasteiger partial charge in [0.2, 0.25) is 5.91 Å². The molecule has 0 radical (unpaired) electrons. The van der Waals surface area contributed by atoms with Crippen LogP contribution < -0.4 is 17.0 Å². The van der Waals surface area contributed by atoms with Gasteiger partial charge in [-0.25, -0.2) is 14.9 Å². The fourth-order valence-electron chi connectivity index (χ4n) is 3.15. The van der Waals surface area contributed by atoms with E-state index < -0.39 is 11.6 Å². The van der Waals surface area contributed by atoms with Crippen molar-refractivity contribution in [3.05, 3.63) is 88.1 Å². The molecule has 1 aliphatic rings. The molecular weight excluding hydrogens is 430 g/mol. The summed E-state index contributed by atoms with van der Waals surface area (Å²) in [5.74, 6) is 5.77. The smallest absolute Gasteiger partial charge is 0.333 e. The maximum absolute atomic E-state index is 12.4. The molecular formula is C21H21N7O3S. The summed E-state index contributed by atoms with van der Waals surface area (Å²) in [7, 11) is 0. The Morgan fingerprint density at radius 3 is 2.41 bits per heavy atom. The molecule has 2 amide bonds. The normalized spacial score (nSPS) is 14.8. The molecule has 3 aromatic rings. The number of carbonyl (C=O) groups excluding carboxylic acids is 2. The van der Waals surface area contributed by atoms with Gasteiger partial charge in [-0.2, -0.15) is 9.77 Å². The molecule has 10 nitrogen and oxygen atoms in total. The Morgan fingerprint density at radius 1 is 1.06 bits per heavy atom. The molecule has 3 N–H and O–H groups in total. The summed E-state index contributed by atoms with van der Waals surface area (Å²) in [6.45, 7) is 0.0140. The molecule has 2 heterocycles. The number of nitrogen functional groups attached to an aromatic ring is 1. The Balaban J connectivity index is 1.41. The Kier molecular flexibility index (Phi) is 6.36. The molecule has 0 spiro atoms. The van der Waals surface area contributed by atoms with Crippen molar-refractivity contribution < 1.29 is 9.59 Å². The number of rotatable bonds is 7. The first-order valence-corrected chi connectivity index (χ1v) is 10.8. The number of hydrogen-bond acceptors (Lipinski definition) is 7. The third-order valence-electron chi connectivity index (χ3n) is 4.76. The van der Waals surface area contributed by atoms with Crippen molar-refractivity contribution in [2.45, 2.75) is 19.5 Å². The van der Waals surface area contributed by atoms with Crippen molar-refractivity contribution in [1.82, 2.24) is 24.8 Å². The third kappa shape index (κ3) is 4.89. The number of amides is 2. The number of benzene rings is 2. The van der Waals surface area contributed by atoms with Gasteiger partial charge in [-0.15, -0.1) is 5.10 Å². The summed E-state index contributed by atoms with van der Waals surface area (Å²) in [5, 5.41) is 8.65. The van der Waals surface area contributed by atoms with Gasteiger partial charge in [0.1, 0.15) is 6.54 Å². The van der Waals surface area contributed by atoms with Crippen LogP contribution in [0.3, 0.4) is 0 Å². The fraction of sp³-hybridized carbons (Fsp3) is 0.190. The summed E-state index contributed by atoms with van der Waals surface area (Å²) in [5.41, 5.74) is 3.69. The summed E-state index contributed by atoms with van der Waals surface area (Å²) >= 11 is 1.24. The van der Waals surface area contributed by atoms with Crippen molar-refractivity contribution in [2.24, 2.45) is 5.10 Å². The number of nitrogens with zero attached hydrogens (tertiary/aromatic N) is 5. The SMILES string of the molecule is Nn1c(Cc2ccccc2)nn(CC(=O)N/N=C2/SCC(=O)N2Cc2ccccc2)c1=O. The number of hydrazone groups is 1. The molecule has 32 heavy (non-hydrogen) atoms. The van der Waals surface area contributed by atoms with E-state index >= 15 is 0 Å². The maximum atomic E-state index is 12.4. The molecule has 4 rings (SSSR count). The van der Waals surface area contributed by atoms with E-state index in [4.69, 9.17) is 5.84 Å². The lowest BCUT2D eigenvalue weighted by molar-refractivity contribution is -0.125. The van der Waals surface area contributed by atoms with E-state index in [-0.39, 0.29) is 18.2 Å². The van der Waals surface area contributed by atoms with Crippen LogP contribution in [0, 0.1) is 0 Å². The summed E-state index contributed by atoms with van der Waals surface area (Å²) in [6.07, 6.45) is 0.358. The predicted molar refractivity (Wildman–Crippen MR) is 121 cm³/mol. The second kappa shape index (κ2) is 9.52. The fourth-order valence-corrected chi connectivity index (χ4v) is 3.99. The molecule has 0 atom stereocenters. The van der Waals surface area contributed by atoms with Crippen molar-refractivity contribution >= 4 is 28.7 Å². The molecule has 1 aliphatic heterocycles. The van der Waals surface area contributed by atoms with Crippen LogP contribution in [0.25, 0.3) is 0 Å². The van der Waals surface area contributed by atoms with E-state index in [1.807, 2.05) is 60.7 Å². The quantitative estimate of drug-likeness (QED) is 0.398. The van der Waals surface area contributed by atoms with E-state index in [0.29, 0.717) is 24.0 Å². The van der Waals surface area contributed by atoms with Gasteiger partial charge in [0, 0.05) is 6.42 Å². The highest BCUT2D eigenvalue weighted by molar-refractivity contribution is 8.15. The molecule has 2 aromatic carbocycles. The monoisotopic (exact) mass is 451 g/mol. The zero-order valence-electron chi connectivity index (χ0n) is 17.0. The lowest BCUT2D eigenvalue weighted by Crippen LogP contribution is -2.35. The minimum atomic E-state index is -0.602. The van der Waals surface area contributed by atoms with Crippen molar-refractivity contribution in [1.29, 1.82) is 0 Å². The zero-order chi connectivity index (χ0) is 22.5. The minimum Gasteiger partial charge on any atom is -0.333 e. The van der Waals surface area contributed by atoms with Crippen LogP contribution in [-0.4, -0.2) is 42.1 Å². The first-order chi connectivity index (χ1) is 15.5. The largest absolute Gasteiger partial charge is 0.365 e. The van der Waals surface area contributed by atoms with Gasteiger partial charge in [0.25, 0.3) is 5.91 Å². The number of nitrogens with one attached hydrogen (secondary N) is 1. The average Bonchev–Trinajstić information content (AvgIpc) is 3.28. The molecule has 0 aliphatic carbocycles. The number of nitrogens with two attached hydrogens (primary N) is 1. The standard InChI is InChI=1S/C21H21N7O3S/c22-28-17(11-15-7-3-1-4-8-15)25-27(21(28)31)13-18(29)23-24-20-26(19(30)14-32-20)12-16-9-5-2-6-10-16/h1-10H,11-14,22H2,(H,23,29)/b24-20+. The van der Waals surface area contributed by atoms with Crippen LogP contribution in [0.15, 0.2) is 70.6 Å². The van der Waals surface area contributed by atoms with Crippen LogP contribution >= 0.6 is 11.8 Å². The highest BCUT2D eigenvalue weighted by atomic mass is 32.2. The number of thioether (sulfide) groups is 1. The Labute approximate surface area is 187 Å². The molecule has 1 aromatic heterocycles. The van der Waals surface area contributed by atoms with Gasteiger partial charge in [-0.05, 0) is 11.1 Å². The van der Waals surface area contributed by atoms with E-state index in [0.717, 1.165) is 20.5 Å². The van der Waals surface area contributed by atoms with E-state index in [1.165, 1.54) is 16.7 Å². The lowest BCUT2D eigenvalue weighted by Gasteiger charge is -2.15. The second-order valence-corrected chi connectivity index (χ2v) is 8.01. The van der Waals surface area contributed by atoms with Crippen LogP contribution in [-0.2, 0) is 29.1 Å². The molecule has 164 valence electrons. The number of amidine groups is 1. The third-order valence-corrected chi connectivity index (χ3v) is 5.72. The van der Waals surface area contributed by atoms with Crippen molar-refractivity contribution in [2.75, 3.05) is 11.6 Å². The second-order valence-electron chi connectivity index (χ2n) is 7.07. The number of aromatic nitrogens is 3. The zero-order valence-corrected chi connectivity index (χ0v) is 17.9. The molecule has 0 bridgehead atoms. The van der Waals surface area contributed by atoms with E-state index in [1.54, 1.807) is 0 Å². The summed E-state index contributed by atoms with van der Waals surface area (Å²) in [4.78, 5) is 38.4. The Bertz CT molecular complexity index is 1210. The Hall–Kier alpha value is -3.86. The first kappa shape index (κ1) is 21.4. The van der Waals surface area contributed by atoms with Crippen LogP contribution in [0.1, 0.15) is 17.0 Å². The molecule has 0 saturated carbocycles. The topological polar surface area (TPSA) is 128 Å². The van der Waals surface area contributed by atoms with Gasteiger partial charge >= 0.3 is 5.69 Å². The van der Waals surface area contributed by atoms with E-state index in [9.17, 15) is 14.4 Å². The van der Waals surface area contributed by atoms with Crippen molar-refractivity contribution in [3.63, 3.8) is 0 Å². The average molecular weight is 452 g/mol. The van der Waals surface area contributed by atoms with Gasteiger partial charge in [0.05, 0.1) is 12.3 Å². The first-order valence-electron chi connectivity index (χ1n) is 9.82. The van der Waals surface area contributed by atoms with E-state index in [2.05, 4.69) is 15.6 Å². The molecule has 11 heteroatoms. The summed E-state index contributed by atoms with van der Waals surface area (Å²) < 4.78 is 1.92. The van der Waals surface area contributed by atoms with Crippen LogP contribution in [0.5, 0.6) is 0 Å². The lowest BCUT2D eigenvalue weighted by atomic mass is 10.1. The Morgan fingerprint density at radius 2 is 1.72 bits per heavy atom. The predicted octanol–water partition coefficient (Wildman–Crippen LogP) is 0.512. The van der Waals surface area contributed by atoms with Gasteiger partial charge in [-0.1, -0.05) is 72.4 Å². The number of carbonyl (C=O) groups is 2. The number of hydrogen-bond donors (Lipinski definition) is 2. The highest BCUT2D eigenvalue weighted by Gasteiger charge is 2.28. The van der Waals surface area contributed by atoms with Gasteiger partial charge in [-0.3, -0.25) is 14.5 Å². The maximum Gasteiger partial charge on any atom is 0.365 e. The van der Waals surface area contributed by atoms with Gasteiger partial charge < -0.3 is 5.84 Å². The molecule has 0 unspecified atom stereocenters. The van der Waals surface area contributed by atoms with Crippen LogP contribution in [0.4, 0.5) is 0 Å². The minimum absolute atomic E-state index is 0.0875. The molecule has 1 fully saturated rings. The molecule has 1 saturated heterocycles. The summed E-state index contributed by atoms with van der Waals surface area (Å²) in [6, 6.07) is 18.9. The highest BCUT2D eigenvalue weighted by Crippen LogP contribution is 2.21. The van der Waals surface area contributed by atoms with Crippen molar-refractivity contribution in [3.8, 4) is 0 Å².